The van der Waals surface area contributed by atoms with Gasteiger partial charge in [0.05, 0.1) is 11.7 Å². The highest BCUT2D eigenvalue weighted by molar-refractivity contribution is 6.58. The van der Waals surface area contributed by atoms with Crippen LogP contribution in [0.25, 0.3) is 10.9 Å². The van der Waals surface area contributed by atoms with Crippen molar-refractivity contribution in [2.24, 2.45) is 7.05 Å². The molecule has 2 heterocycles. The van der Waals surface area contributed by atoms with Crippen molar-refractivity contribution >= 4 is 46.7 Å². The number of benzene rings is 1. The molecule has 1 aromatic carbocycles. The highest BCUT2D eigenvalue weighted by Crippen LogP contribution is 2.09. The van der Waals surface area contributed by atoms with Gasteiger partial charge in [-0.2, -0.15) is 5.10 Å². The lowest BCUT2D eigenvalue weighted by molar-refractivity contribution is 0.426. The third-order valence-electron chi connectivity index (χ3n) is 2.66. The molecule has 2 N–H and O–H groups in total. The summed E-state index contributed by atoms with van der Waals surface area (Å²) in [5.41, 5.74) is 1.38. The van der Waals surface area contributed by atoms with E-state index in [0.29, 0.717) is 10.6 Å². The largest absolute Gasteiger partial charge is 0.488 e. The van der Waals surface area contributed by atoms with E-state index in [-0.39, 0.29) is 5.28 Å². The Bertz CT molecular complexity index is 734. The van der Waals surface area contributed by atoms with Gasteiger partial charge in [0.2, 0.25) is 5.28 Å². The molecular weight excluding hydrogens is 314 g/mol. The van der Waals surface area contributed by atoms with Gasteiger partial charge in [-0.05, 0) is 29.2 Å². The molecule has 0 fully saturated rings. The van der Waals surface area contributed by atoms with Gasteiger partial charge in [-0.3, -0.25) is 4.68 Å². The Labute approximate surface area is 131 Å². The van der Waals surface area contributed by atoms with Crippen LogP contribution in [0.2, 0.25) is 10.4 Å². The highest BCUT2D eigenvalue weighted by Gasteiger charge is 2.11. The van der Waals surface area contributed by atoms with Gasteiger partial charge in [-0.15, -0.1) is 0 Å². The van der Waals surface area contributed by atoms with Crippen LogP contribution < -0.4 is 5.46 Å². The number of hydrogen-bond acceptors (Lipinski definition) is 5. The molecule has 0 spiro atoms. The van der Waals surface area contributed by atoms with Gasteiger partial charge in [-0.25, -0.2) is 9.97 Å². The first-order chi connectivity index (χ1) is 9.97. The molecule has 0 bridgehead atoms. The molecule has 108 valence electrons. The Hall–Kier alpha value is -1.67. The van der Waals surface area contributed by atoms with E-state index >= 15 is 0 Å². The van der Waals surface area contributed by atoms with Crippen molar-refractivity contribution in [1.82, 2.24) is 19.7 Å². The van der Waals surface area contributed by atoms with Crippen molar-refractivity contribution in [3.05, 3.63) is 47.1 Å². The minimum absolute atomic E-state index is 0.178. The lowest BCUT2D eigenvalue weighted by Gasteiger charge is -1.99. The minimum atomic E-state index is -1.42. The summed E-state index contributed by atoms with van der Waals surface area (Å²) in [4.78, 5) is 7.20. The molecule has 6 nitrogen and oxygen atoms in total. The maximum Gasteiger partial charge on any atom is 0.488 e. The maximum absolute atomic E-state index is 8.94. The van der Waals surface area contributed by atoms with Gasteiger partial charge in [-0.1, -0.05) is 23.7 Å². The second-order valence-corrected chi connectivity index (χ2v) is 4.83. The molecule has 2 aromatic heterocycles. The molecule has 0 atom stereocenters. The van der Waals surface area contributed by atoms with Crippen LogP contribution in [0.3, 0.4) is 0 Å². The van der Waals surface area contributed by atoms with Crippen molar-refractivity contribution in [2.45, 2.75) is 0 Å². The average Bonchev–Trinajstić information content (AvgIpc) is 2.80. The van der Waals surface area contributed by atoms with E-state index in [4.69, 9.17) is 33.2 Å². The fourth-order valence-electron chi connectivity index (χ4n) is 1.64. The summed E-state index contributed by atoms with van der Waals surface area (Å²) in [6, 6.07) is 6.77. The topological polar surface area (TPSA) is 84.1 Å². The standard InChI is InChI=1S/C8H9BN2O2.C4H2Cl2N2/c1-11-8-4-7(9(12)13)3-2-6(8)5-10-11;5-3-1-2-7-4(6)8-3/h2-5,12-13H,1H3;1-2H. The fraction of sp³-hybridized carbons (Fsp3) is 0.0833. The molecule has 3 aromatic rings. The van der Waals surface area contributed by atoms with Crippen LogP contribution in [0.4, 0.5) is 0 Å². The average molecular weight is 325 g/mol. The summed E-state index contributed by atoms with van der Waals surface area (Å²) >= 11 is 10.7. The van der Waals surface area contributed by atoms with E-state index < -0.39 is 7.12 Å². The van der Waals surface area contributed by atoms with Gasteiger partial charge in [0.1, 0.15) is 5.15 Å². The number of nitrogens with zero attached hydrogens (tertiary/aromatic N) is 4. The Kier molecular flexibility index (Phi) is 5.14. The summed E-state index contributed by atoms with van der Waals surface area (Å²) in [5.74, 6) is 0. The monoisotopic (exact) mass is 324 g/mol. The molecule has 0 aliphatic rings. The molecule has 0 radical (unpaired) electrons. The number of fused-ring (bicyclic) bond motifs is 1. The van der Waals surface area contributed by atoms with Gasteiger partial charge >= 0.3 is 7.12 Å². The van der Waals surface area contributed by atoms with Crippen LogP contribution in [-0.2, 0) is 7.05 Å². The summed E-state index contributed by atoms with van der Waals surface area (Å²) in [5, 5.41) is 23.5. The second-order valence-electron chi connectivity index (χ2n) is 4.11. The molecule has 0 amide bonds. The molecule has 21 heavy (non-hydrogen) atoms. The van der Waals surface area contributed by atoms with E-state index in [9.17, 15) is 0 Å². The Balaban J connectivity index is 0.000000173. The number of hydrogen-bond donors (Lipinski definition) is 2. The van der Waals surface area contributed by atoms with Crippen molar-refractivity contribution in [1.29, 1.82) is 0 Å². The van der Waals surface area contributed by atoms with E-state index in [2.05, 4.69) is 15.1 Å². The molecule has 0 aliphatic carbocycles. The predicted molar refractivity (Wildman–Crippen MR) is 82.6 cm³/mol. The lowest BCUT2D eigenvalue weighted by atomic mass is 9.80. The summed E-state index contributed by atoms with van der Waals surface area (Å²) in [7, 11) is 0.398. The zero-order valence-corrected chi connectivity index (χ0v) is 12.5. The van der Waals surface area contributed by atoms with Crippen molar-refractivity contribution in [3.8, 4) is 0 Å². The molecular formula is C12H11BCl2N4O2. The SMILES string of the molecule is Clc1ccnc(Cl)n1.Cn1ncc2ccc(B(O)O)cc21. The zero-order valence-electron chi connectivity index (χ0n) is 11.0. The van der Waals surface area contributed by atoms with Gasteiger partial charge in [0, 0.05) is 18.6 Å². The summed E-state index contributed by atoms with van der Waals surface area (Å²) < 4.78 is 1.70. The number of aromatic nitrogens is 4. The van der Waals surface area contributed by atoms with Crippen molar-refractivity contribution < 1.29 is 10.0 Å². The normalized spacial score (nSPS) is 10.1. The van der Waals surface area contributed by atoms with E-state index in [0.717, 1.165) is 10.9 Å². The van der Waals surface area contributed by atoms with Crippen LogP contribution in [0.5, 0.6) is 0 Å². The summed E-state index contributed by atoms with van der Waals surface area (Å²) in [6.07, 6.45) is 3.24. The lowest BCUT2D eigenvalue weighted by Crippen LogP contribution is -2.29. The van der Waals surface area contributed by atoms with Gasteiger partial charge in [0.15, 0.2) is 0 Å². The quantitative estimate of drug-likeness (QED) is 0.397. The van der Waals surface area contributed by atoms with E-state index in [1.807, 2.05) is 13.1 Å². The predicted octanol–water partition coefficient (Wildman–Crippen LogP) is 1.04. The smallest absolute Gasteiger partial charge is 0.423 e. The highest BCUT2D eigenvalue weighted by atomic mass is 35.5. The van der Waals surface area contributed by atoms with Crippen molar-refractivity contribution in [3.63, 3.8) is 0 Å². The first-order valence-corrected chi connectivity index (χ1v) is 6.65. The molecule has 9 heteroatoms. The number of rotatable bonds is 1. The molecule has 0 saturated heterocycles. The van der Waals surface area contributed by atoms with Crippen LogP contribution in [0, 0.1) is 0 Å². The Morgan fingerprint density at radius 1 is 1.19 bits per heavy atom. The van der Waals surface area contributed by atoms with Crippen molar-refractivity contribution in [2.75, 3.05) is 0 Å². The van der Waals surface area contributed by atoms with Gasteiger partial charge in [0.25, 0.3) is 0 Å². The number of halogens is 2. The molecule has 0 unspecified atom stereocenters. The summed E-state index contributed by atoms with van der Waals surface area (Å²) in [6.45, 7) is 0. The zero-order chi connectivity index (χ0) is 15.4. The Morgan fingerprint density at radius 3 is 2.52 bits per heavy atom. The first kappa shape index (κ1) is 15.7. The third-order valence-corrected chi connectivity index (χ3v) is 3.06. The van der Waals surface area contributed by atoms with E-state index in [1.54, 1.807) is 29.1 Å². The van der Waals surface area contributed by atoms with E-state index in [1.165, 1.54) is 6.20 Å². The van der Waals surface area contributed by atoms with Crippen LogP contribution >= 0.6 is 23.2 Å². The van der Waals surface area contributed by atoms with Gasteiger partial charge < -0.3 is 10.0 Å². The maximum atomic E-state index is 8.94. The molecule has 0 saturated carbocycles. The number of aryl methyl sites for hydroxylation is 1. The molecule has 3 rings (SSSR count). The first-order valence-electron chi connectivity index (χ1n) is 5.89. The minimum Gasteiger partial charge on any atom is -0.423 e. The van der Waals surface area contributed by atoms with Crippen LogP contribution in [0.1, 0.15) is 0 Å². The Morgan fingerprint density at radius 2 is 1.95 bits per heavy atom. The second kappa shape index (κ2) is 6.86. The van der Waals surface area contributed by atoms with Crippen LogP contribution in [-0.4, -0.2) is 36.9 Å². The fourth-order valence-corrected chi connectivity index (χ4v) is 1.96. The third kappa shape index (κ3) is 4.15. The van der Waals surface area contributed by atoms with Crippen LogP contribution in [0.15, 0.2) is 36.7 Å². The molecule has 0 aliphatic heterocycles.